The number of ether oxygens (including phenoxy) is 2. The maximum Gasteiger partial charge on any atom is 0.194 e. The van der Waals surface area contributed by atoms with Crippen LogP contribution >= 0.6 is 0 Å². The molecule has 0 spiro atoms. The number of hydrogen-bond acceptors (Lipinski definition) is 4. The molecule has 1 fully saturated rings. The number of nitrogens with one attached hydrogen (secondary N) is 1. The average molecular weight is 363 g/mol. The van der Waals surface area contributed by atoms with Crippen molar-refractivity contribution < 1.29 is 9.47 Å². The molecule has 6 heteroatoms. The Kier molecular flexibility index (Phi) is 8.54. The maximum absolute atomic E-state index is 5.59. The lowest BCUT2D eigenvalue weighted by Gasteiger charge is -2.37. The molecule has 0 aromatic heterocycles. The second kappa shape index (κ2) is 10.9. The molecular formula is C20H34N4O2. The molecule has 0 bridgehead atoms. The molecule has 146 valence electrons. The summed E-state index contributed by atoms with van der Waals surface area (Å²) in [4.78, 5) is 9.54. The van der Waals surface area contributed by atoms with Gasteiger partial charge in [0.15, 0.2) is 5.96 Å². The second-order valence-corrected chi connectivity index (χ2v) is 6.68. The fraction of sp³-hybridized carbons (Fsp3) is 0.650. The summed E-state index contributed by atoms with van der Waals surface area (Å²) in [5.74, 6) is 1.92. The van der Waals surface area contributed by atoms with E-state index in [1.54, 1.807) is 7.11 Å². The number of aliphatic imine (C=N–C) groups is 1. The summed E-state index contributed by atoms with van der Waals surface area (Å²) in [5, 5.41) is 3.42. The molecule has 0 unspecified atom stereocenters. The van der Waals surface area contributed by atoms with Crippen LogP contribution in [0.5, 0.6) is 5.75 Å². The van der Waals surface area contributed by atoms with Crippen LogP contribution in [0.1, 0.15) is 27.2 Å². The molecule has 1 saturated heterocycles. The van der Waals surface area contributed by atoms with E-state index in [1.807, 2.05) is 12.1 Å². The molecule has 1 aromatic rings. The first-order valence-corrected chi connectivity index (χ1v) is 9.68. The molecule has 0 aliphatic carbocycles. The topological polar surface area (TPSA) is 49.3 Å². The van der Waals surface area contributed by atoms with Crippen molar-refractivity contribution in [1.82, 2.24) is 10.2 Å². The predicted octanol–water partition coefficient (Wildman–Crippen LogP) is 2.60. The van der Waals surface area contributed by atoms with Gasteiger partial charge in [-0.05, 0) is 51.5 Å². The highest BCUT2D eigenvalue weighted by molar-refractivity contribution is 5.80. The van der Waals surface area contributed by atoms with Gasteiger partial charge in [0, 0.05) is 51.6 Å². The standard InChI is InChI=1S/C20H34N4O2/c1-5-21-20(22-11-6-16-26-17(2)3)24-14-12-23(13-15-24)18-7-9-19(25-4)10-8-18/h7-10,17H,5-6,11-16H2,1-4H3,(H,21,22). The molecule has 6 nitrogen and oxygen atoms in total. The number of guanidine groups is 1. The molecule has 1 heterocycles. The minimum Gasteiger partial charge on any atom is -0.497 e. The number of anilines is 1. The van der Waals surface area contributed by atoms with Crippen molar-refractivity contribution >= 4 is 11.6 Å². The molecule has 0 amide bonds. The SMILES string of the molecule is CCNC(=NCCCOC(C)C)N1CCN(c2ccc(OC)cc2)CC1. The Morgan fingerprint density at radius 1 is 1.15 bits per heavy atom. The Hall–Kier alpha value is -1.95. The Labute approximate surface area is 158 Å². The van der Waals surface area contributed by atoms with Crippen molar-refractivity contribution in [2.45, 2.75) is 33.3 Å². The zero-order chi connectivity index (χ0) is 18.8. The monoisotopic (exact) mass is 362 g/mol. The van der Waals surface area contributed by atoms with Crippen molar-refractivity contribution in [1.29, 1.82) is 0 Å². The first-order valence-electron chi connectivity index (χ1n) is 9.68. The molecule has 26 heavy (non-hydrogen) atoms. The molecule has 0 atom stereocenters. The van der Waals surface area contributed by atoms with Crippen LogP contribution in [0.2, 0.25) is 0 Å². The van der Waals surface area contributed by atoms with Gasteiger partial charge in [-0.15, -0.1) is 0 Å². The van der Waals surface area contributed by atoms with Crippen LogP contribution in [0.4, 0.5) is 5.69 Å². The Morgan fingerprint density at radius 2 is 1.85 bits per heavy atom. The number of piperazine rings is 1. The van der Waals surface area contributed by atoms with E-state index in [2.05, 4.69) is 48.0 Å². The Balaban J connectivity index is 1.83. The largest absolute Gasteiger partial charge is 0.497 e. The molecule has 1 aromatic carbocycles. The van der Waals surface area contributed by atoms with E-state index in [0.717, 1.165) is 64.0 Å². The quantitative estimate of drug-likeness (QED) is 0.438. The van der Waals surface area contributed by atoms with Crippen LogP contribution in [0.3, 0.4) is 0 Å². The zero-order valence-corrected chi connectivity index (χ0v) is 16.7. The van der Waals surface area contributed by atoms with E-state index < -0.39 is 0 Å². The Morgan fingerprint density at radius 3 is 2.42 bits per heavy atom. The normalized spacial score (nSPS) is 15.5. The minimum absolute atomic E-state index is 0.290. The lowest BCUT2D eigenvalue weighted by Crippen LogP contribution is -2.52. The minimum atomic E-state index is 0.290. The first kappa shape index (κ1) is 20.4. The number of benzene rings is 1. The van der Waals surface area contributed by atoms with E-state index in [9.17, 15) is 0 Å². The van der Waals surface area contributed by atoms with Crippen LogP contribution < -0.4 is 15.0 Å². The fourth-order valence-electron chi connectivity index (χ4n) is 2.96. The summed E-state index contributed by atoms with van der Waals surface area (Å²) in [5.41, 5.74) is 1.25. The smallest absolute Gasteiger partial charge is 0.194 e. The fourth-order valence-corrected chi connectivity index (χ4v) is 2.96. The number of rotatable bonds is 8. The second-order valence-electron chi connectivity index (χ2n) is 6.68. The molecule has 0 radical (unpaired) electrons. The van der Waals surface area contributed by atoms with E-state index in [4.69, 9.17) is 14.5 Å². The van der Waals surface area contributed by atoms with E-state index in [0.29, 0.717) is 6.10 Å². The van der Waals surface area contributed by atoms with E-state index in [1.165, 1.54) is 5.69 Å². The average Bonchev–Trinajstić information content (AvgIpc) is 2.67. The lowest BCUT2D eigenvalue weighted by molar-refractivity contribution is 0.0782. The summed E-state index contributed by atoms with van der Waals surface area (Å²) >= 11 is 0. The molecule has 1 aliphatic rings. The van der Waals surface area contributed by atoms with Gasteiger partial charge in [-0.3, -0.25) is 4.99 Å². The molecule has 1 aliphatic heterocycles. The number of hydrogen-bond donors (Lipinski definition) is 1. The molecule has 0 saturated carbocycles. The molecule has 2 rings (SSSR count). The third-order valence-electron chi connectivity index (χ3n) is 4.37. The van der Waals surface area contributed by atoms with Crippen LogP contribution in [0.15, 0.2) is 29.3 Å². The highest BCUT2D eigenvalue weighted by Gasteiger charge is 2.19. The van der Waals surface area contributed by atoms with Gasteiger partial charge < -0.3 is 24.6 Å². The van der Waals surface area contributed by atoms with Gasteiger partial charge in [-0.1, -0.05) is 0 Å². The molecular weight excluding hydrogens is 328 g/mol. The summed E-state index contributed by atoms with van der Waals surface area (Å²) in [6.07, 6.45) is 1.25. The van der Waals surface area contributed by atoms with Crippen molar-refractivity contribution in [3.63, 3.8) is 0 Å². The van der Waals surface area contributed by atoms with Gasteiger partial charge in [0.1, 0.15) is 5.75 Å². The third kappa shape index (κ3) is 6.41. The summed E-state index contributed by atoms with van der Waals surface area (Å²) < 4.78 is 10.8. The third-order valence-corrected chi connectivity index (χ3v) is 4.37. The van der Waals surface area contributed by atoms with Crippen molar-refractivity contribution in [3.05, 3.63) is 24.3 Å². The molecule has 1 N–H and O–H groups in total. The summed E-state index contributed by atoms with van der Waals surface area (Å²) in [6, 6.07) is 8.30. The maximum atomic E-state index is 5.59. The van der Waals surface area contributed by atoms with Crippen molar-refractivity contribution in [2.24, 2.45) is 4.99 Å². The van der Waals surface area contributed by atoms with E-state index >= 15 is 0 Å². The highest BCUT2D eigenvalue weighted by Crippen LogP contribution is 2.20. The number of nitrogens with zero attached hydrogens (tertiary/aromatic N) is 3. The van der Waals surface area contributed by atoms with Crippen LogP contribution in [0, 0.1) is 0 Å². The van der Waals surface area contributed by atoms with Gasteiger partial charge in [0.05, 0.1) is 13.2 Å². The van der Waals surface area contributed by atoms with Crippen LogP contribution in [-0.4, -0.2) is 69.9 Å². The summed E-state index contributed by atoms with van der Waals surface area (Å²) in [7, 11) is 1.70. The summed E-state index contributed by atoms with van der Waals surface area (Å²) in [6.45, 7) is 12.6. The van der Waals surface area contributed by atoms with Gasteiger partial charge in [-0.2, -0.15) is 0 Å². The van der Waals surface area contributed by atoms with E-state index in [-0.39, 0.29) is 0 Å². The lowest BCUT2D eigenvalue weighted by atomic mass is 10.2. The van der Waals surface area contributed by atoms with Gasteiger partial charge in [0.2, 0.25) is 0 Å². The predicted molar refractivity (Wildman–Crippen MR) is 108 cm³/mol. The van der Waals surface area contributed by atoms with Crippen molar-refractivity contribution in [2.75, 3.05) is 57.9 Å². The first-order chi connectivity index (χ1) is 12.6. The Bertz CT molecular complexity index is 537. The van der Waals surface area contributed by atoms with Gasteiger partial charge in [-0.25, -0.2) is 0 Å². The van der Waals surface area contributed by atoms with Gasteiger partial charge >= 0.3 is 0 Å². The number of methoxy groups -OCH3 is 1. The van der Waals surface area contributed by atoms with Crippen LogP contribution in [-0.2, 0) is 4.74 Å². The van der Waals surface area contributed by atoms with Crippen LogP contribution in [0.25, 0.3) is 0 Å². The van der Waals surface area contributed by atoms with Crippen molar-refractivity contribution in [3.8, 4) is 5.75 Å². The highest BCUT2D eigenvalue weighted by atomic mass is 16.5. The van der Waals surface area contributed by atoms with Gasteiger partial charge in [0.25, 0.3) is 0 Å². The zero-order valence-electron chi connectivity index (χ0n) is 16.7.